The highest BCUT2D eigenvalue weighted by Gasteiger charge is 2.28. The third-order valence-corrected chi connectivity index (χ3v) is 10.6. The Labute approximate surface area is 293 Å². The van der Waals surface area contributed by atoms with Crippen molar-refractivity contribution < 1.29 is 4.42 Å². The normalized spacial score (nSPS) is 16.4. The molecule has 3 aromatic heterocycles. The molecule has 11 rings (SSSR count). The van der Waals surface area contributed by atoms with Gasteiger partial charge in [0, 0.05) is 43.7 Å². The summed E-state index contributed by atoms with van der Waals surface area (Å²) >= 11 is 0. The van der Waals surface area contributed by atoms with Crippen molar-refractivity contribution in [1.29, 1.82) is 0 Å². The number of benzene rings is 7. The Kier molecular flexibility index (Phi) is 6.09. The molecule has 4 heterocycles. The number of para-hydroxylation sites is 3. The highest BCUT2D eigenvalue weighted by atomic mass is 16.3. The molecule has 5 heteroatoms. The Morgan fingerprint density at radius 3 is 1.94 bits per heavy atom. The van der Waals surface area contributed by atoms with E-state index in [0.717, 1.165) is 55.4 Å². The molecule has 0 radical (unpaired) electrons. The first kappa shape index (κ1) is 28.3. The summed E-state index contributed by atoms with van der Waals surface area (Å²) in [6, 6.07) is 58.5. The molecule has 0 bridgehead atoms. The largest absolute Gasteiger partial charge is 0.456 e. The number of furan rings is 1. The van der Waals surface area contributed by atoms with Crippen molar-refractivity contribution in [3.63, 3.8) is 0 Å². The van der Waals surface area contributed by atoms with Crippen LogP contribution in [0.2, 0.25) is 0 Å². The van der Waals surface area contributed by atoms with Crippen LogP contribution in [0.1, 0.15) is 23.5 Å². The van der Waals surface area contributed by atoms with Crippen molar-refractivity contribution in [2.45, 2.75) is 12.3 Å². The van der Waals surface area contributed by atoms with Gasteiger partial charge in [-0.1, -0.05) is 115 Å². The predicted molar refractivity (Wildman–Crippen MR) is 210 cm³/mol. The fraction of sp³-hybridized carbons (Fsp3) is 0.0435. The van der Waals surface area contributed by atoms with Gasteiger partial charge < -0.3 is 18.9 Å². The molecule has 5 nitrogen and oxygen atoms in total. The van der Waals surface area contributed by atoms with Crippen LogP contribution in [0.5, 0.6) is 0 Å². The lowest BCUT2D eigenvalue weighted by atomic mass is 10.0. The number of hydrogen-bond donors (Lipinski definition) is 2. The summed E-state index contributed by atoms with van der Waals surface area (Å²) in [4.78, 5) is 0. The molecule has 10 aromatic rings. The zero-order chi connectivity index (χ0) is 33.5. The highest BCUT2D eigenvalue weighted by molar-refractivity contribution is 6.21. The predicted octanol–water partition coefficient (Wildman–Crippen LogP) is 11.2. The fourth-order valence-electron chi connectivity index (χ4n) is 8.27. The summed E-state index contributed by atoms with van der Waals surface area (Å²) in [6.45, 7) is 0. The van der Waals surface area contributed by atoms with Gasteiger partial charge in [-0.05, 0) is 65.7 Å². The van der Waals surface area contributed by atoms with Crippen LogP contribution in [0.25, 0.3) is 76.9 Å². The zero-order valence-corrected chi connectivity index (χ0v) is 27.6. The highest BCUT2D eigenvalue weighted by Crippen LogP contribution is 2.42. The molecular formula is C46H32N4O. The van der Waals surface area contributed by atoms with Crippen LogP contribution >= 0.6 is 0 Å². The van der Waals surface area contributed by atoms with Crippen LogP contribution in [-0.2, 0) is 0 Å². The summed E-state index contributed by atoms with van der Waals surface area (Å²) in [6.07, 6.45) is 2.08. The molecule has 2 atom stereocenters. The maximum Gasteiger partial charge on any atom is 0.160 e. The average Bonchev–Trinajstić information content (AvgIpc) is 3.83. The van der Waals surface area contributed by atoms with Gasteiger partial charge in [0.15, 0.2) is 6.29 Å². The molecule has 2 unspecified atom stereocenters. The lowest BCUT2D eigenvalue weighted by Crippen LogP contribution is -2.43. The standard InChI is InChI=1S/C46H32N4O/c1-4-14-29(15-5-1)38-27-39(30-16-6-2-7-17-30)48-46(47-38)50-40-22-12-10-20-32(40)34-24-35-36-26-45-37(33-21-11-13-23-44(33)51-45)25-41(36)49(42(35)28-43(34)50)31-18-8-3-9-19-31/h1-28,38,46-48H. The lowest BCUT2D eigenvalue weighted by molar-refractivity contribution is 0.350. The van der Waals surface area contributed by atoms with Crippen molar-refractivity contribution in [3.8, 4) is 5.69 Å². The quantitative estimate of drug-likeness (QED) is 0.198. The van der Waals surface area contributed by atoms with Gasteiger partial charge in [-0.25, -0.2) is 0 Å². The van der Waals surface area contributed by atoms with E-state index in [0.29, 0.717) is 0 Å². The molecular weight excluding hydrogens is 625 g/mol. The number of nitrogens with one attached hydrogen (secondary N) is 2. The van der Waals surface area contributed by atoms with E-state index in [2.05, 4.69) is 184 Å². The Hall–Kier alpha value is -6.56. The van der Waals surface area contributed by atoms with Crippen molar-refractivity contribution in [3.05, 3.63) is 181 Å². The molecule has 51 heavy (non-hydrogen) atoms. The molecule has 1 aliphatic heterocycles. The number of rotatable bonds is 4. The Bertz CT molecular complexity index is 2970. The van der Waals surface area contributed by atoms with Crippen molar-refractivity contribution >= 4 is 71.2 Å². The summed E-state index contributed by atoms with van der Waals surface area (Å²) in [5.74, 6) is 0. The SMILES string of the molecule is C1=C(c2ccccc2)NC(n2c3ccccc3c3cc4c5cc6oc7ccccc7c6cc5n(-c5ccccc5)c4cc32)NC1c1ccccc1. The summed E-state index contributed by atoms with van der Waals surface area (Å²) in [7, 11) is 0. The van der Waals surface area contributed by atoms with E-state index in [1.807, 2.05) is 6.07 Å². The molecule has 1 aliphatic rings. The second-order valence-corrected chi connectivity index (χ2v) is 13.5. The second kappa shape index (κ2) is 11.0. The Morgan fingerprint density at radius 2 is 1.12 bits per heavy atom. The molecule has 242 valence electrons. The van der Waals surface area contributed by atoms with E-state index in [9.17, 15) is 0 Å². The molecule has 0 amide bonds. The maximum atomic E-state index is 6.42. The number of fused-ring (bicyclic) bond motifs is 9. The maximum absolute atomic E-state index is 6.42. The summed E-state index contributed by atoms with van der Waals surface area (Å²) in [5, 5.41) is 14.9. The zero-order valence-electron chi connectivity index (χ0n) is 27.6. The minimum absolute atomic E-state index is 0.00799. The van der Waals surface area contributed by atoms with E-state index in [-0.39, 0.29) is 12.3 Å². The Balaban J connectivity index is 1.20. The van der Waals surface area contributed by atoms with E-state index in [1.54, 1.807) is 0 Å². The first-order valence-corrected chi connectivity index (χ1v) is 17.5. The van der Waals surface area contributed by atoms with E-state index < -0.39 is 0 Å². The third kappa shape index (κ3) is 4.32. The number of aromatic nitrogens is 2. The van der Waals surface area contributed by atoms with Gasteiger partial charge in [0.25, 0.3) is 0 Å². The van der Waals surface area contributed by atoms with Gasteiger partial charge in [0.1, 0.15) is 11.2 Å². The smallest absolute Gasteiger partial charge is 0.160 e. The fourth-order valence-corrected chi connectivity index (χ4v) is 8.27. The van der Waals surface area contributed by atoms with Crippen molar-refractivity contribution in [2.75, 3.05) is 0 Å². The summed E-state index contributed by atoms with van der Waals surface area (Å²) in [5.41, 5.74) is 11.1. The average molecular weight is 657 g/mol. The minimum Gasteiger partial charge on any atom is -0.456 e. The van der Waals surface area contributed by atoms with Gasteiger partial charge in [-0.2, -0.15) is 0 Å². The molecule has 0 fully saturated rings. The Morgan fingerprint density at radius 1 is 0.471 bits per heavy atom. The van der Waals surface area contributed by atoms with Crippen LogP contribution in [0, 0.1) is 0 Å². The van der Waals surface area contributed by atoms with Crippen LogP contribution in [0.4, 0.5) is 0 Å². The van der Waals surface area contributed by atoms with E-state index in [4.69, 9.17) is 4.42 Å². The van der Waals surface area contributed by atoms with Gasteiger partial charge in [-0.15, -0.1) is 0 Å². The van der Waals surface area contributed by atoms with Gasteiger partial charge in [-0.3, -0.25) is 5.32 Å². The van der Waals surface area contributed by atoms with Gasteiger partial charge >= 0.3 is 0 Å². The molecule has 7 aromatic carbocycles. The molecule has 0 saturated carbocycles. The van der Waals surface area contributed by atoms with E-state index in [1.165, 1.54) is 32.6 Å². The lowest BCUT2D eigenvalue weighted by Gasteiger charge is -2.34. The first-order valence-electron chi connectivity index (χ1n) is 17.5. The number of hydrogen-bond acceptors (Lipinski definition) is 3. The number of nitrogens with zero attached hydrogens (tertiary/aromatic N) is 2. The van der Waals surface area contributed by atoms with E-state index >= 15 is 0 Å². The van der Waals surface area contributed by atoms with Crippen LogP contribution < -0.4 is 10.6 Å². The van der Waals surface area contributed by atoms with Gasteiger partial charge in [0.05, 0.1) is 28.1 Å². The van der Waals surface area contributed by atoms with Crippen LogP contribution in [-0.4, -0.2) is 9.13 Å². The third-order valence-electron chi connectivity index (χ3n) is 10.6. The minimum atomic E-state index is -0.224. The first-order chi connectivity index (χ1) is 25.3. The molecule has 0 spiro atoms. The molecule has 0 saturated heterocycles. The van der Waals surface area contributed by atoms with Crippen LogP contribution in [0.15, 0.2) is 174 Å². The monoisotopic (exact) mass is 656 g/mol. The van der Waals surface area contributed by atoms with Gasteiger partial charge in [0.2, 0.25) is 0 Å². The summed E-state index contributed by atoms with van der Waals surface area (Å²) < 4.78 is 11.3. The van der Waals surface area contributed by atoms with Crippen molar-refractivity contribution in [1.82, 2.24) is 19.8 Å². The topological polar surface area (TPSA) is 47.1 Å². The van der Waals surface area contributed by atoms with Crippen molar-refractivity contribution in [2.24, 2.45) is 0 Å². The molecule has 2 N–H and O–H groups in total. The molecule has 0 aliphatic carbocycles. The van der Waals surface area contributed by atoms with Crippen LogP contribution in [0.3, 0.4) is 0 Å². The second-order valence-electron chi connectivity index (χ2n) is 13.5.